The van der Waals surface area contributed by atoms with Crippen molar-refractivity contribution in [3.05, 3.63) is 70.8 Å². The Balaban J connectivity index is 2.17. The van der Waals surface area contributed by atoms with Crippen LogP contribution in [0.25, 0.3) is 0 Å². The molecule has 0 aliphatic carbocycles. The topological polar surface area (TPSA) is 122 Å². The number of primary amides is 1. The Morgan fingerprint density at radius 1 is 1.15 bits per heavy atom. The lowest BCUT2D eigenvalue weighted by atomic mass is 10.0. The first-order valence-corrected chi connectivity index (χ1v) is 7.72. The Hall–Kier alpha value is -3.66. The summed E-state index contributed by atoms with van der Waals surface area (Å²) in [7, 11) is 1.24. The van der Waals surface area contributed by atoms with Gasteiger partial charge in [-0.15, -0.1) is 0 Å². The van der Waals surface area contributed by atoms with Gasteiger partial charge in [-0.3, -0.25) is 9.59 Å². The second kappa shape index (κ2) is 8.44. The highest BCUT2D eigenvalue weighted by atomic mass is 16.5. The van der Waals surface area contributed by atoms with E-state index in [0.717, 1.165) is 0 Å². The lowest BCUT2D eigenvalue weighted by Crippen LogP contribution is -2.45. The average molecular weight is 351 g/mol. The molecule has 0 unspecified atom stereocenters. The summed E-state index contributed by atoms with van der Waals surface area (Å²) in [6.07, 6.45) is 0.146. The van der Waals surface area contributed by atoms with Crippen LogP contribution >= 0.6 is 0 Å². The number of rotatable bonds is 6. The fraction of sp³-hybridized carbons (Fsp3) is 0.158. The summed E-state index contributed by atoms with van der Waals surface area (Å²) in [5, 5.41) is 11.5. The Morgan fingerprint density at radius 2 is 1.85 bits per heavy atom. The summed E-state index contributed by atoms with van der Waals surface area (Å²) < 4.78 is 4.62. The van der Waals surface area contributed by atoms with E-state index in [1.807, 2.05) is 6.07 Å². The van der Waals surface area contributed by atoms with Gasteiger partial charge in [-0.2, -0.15) is 5.26 Å². The van der Waals surface area contributed by atoms with Gasteiger partial charge in [0, 0.05) is 12.0 Å². The molecule has 0 bridgehead atoms. The lowest BCUT2D eigenvalue weighted by molar-refractivity contribution is -0.119. The van der Waals surface area contributed by atoms with Gasteiger partial charge in [0.1, 0.15) is 6.04 Å². The molecule has 132 valence electrons. The molecule has 0 heterocycles. The molecule has 1 atom stereocenters. The van der Waals surface area contributed by atoms with Gasteiger partial charge in [-0.05, 0) is 35.9 Å². The number of nitrogens with one attached hydrogen (secondary N) is 1. The summed E-state index contributed by atoms with van der Waals surface area (Å²) in [5.41, 5.74) is 6.95. The first-order chi connectivity index (χ1) is 12.4. The Bertz CT molecular complexity index is 886. The van der Waals surface area contributed by atoms with Crippen LogP contribution in [0, 0.1) is 11.3 Å². The number of nitrogens with zero attached hydrogens (tertiary/aromatic N) is 1. The molecule has 0 aliphatic rings. The number of ether oxygens (including phenoxy) is 1. The summed E-state index contributed by atoms with van der Waals surface area (Å²) in [4.78, 5) is 35.7. The van der Waals surface area contributed by atoms with Gasteiger partial charge < -0.3 is 15.8 Å². The van der Waals surface area contributed by atoms with Crippen LogP contribution in [0.4, 0.5) is 0 Å². The Labute approximate surface area is 150 Å². The molecule has 26 heavy (non-hydrogen) atoms. The van der Waals surface area contributed by atoms with Crippen molar-refractivity contribution in [1.82, 2.24) is 5.32 Å². The van der Waals surface area contributed by atoms with Crippen LogP contribution in [-0.4, -0.2) is 30.9 Å². The molecular weight excluding hydrogens is 334 g/mol. The third kappa shape index (κ3) is 4.68. The van der Waals surface area contributed by atoms with Gasteiger partial charge in [0.25, 0.3) is 5.91 Å². The zero-order valence-corrected chi connectivity index (χ0v) is 14.1. The fourth-order valence-electron chi connectivity index (χ4n) is 2.37. The third-order valence-corrected chi connectivity index (χ3v) is 3.69. The first-order valence-electron chi connectivity index (χ1n) is 7.72. The molecular formula is C19H17N3O4. The molecule has 2 aromatic carbocycles. The quantitative estimate of drug-likeness (QED) is 0.757. The van der Waals surface area contributed by atoms with Crippen molar-refractivity contribution < 1.29 is 19.1 Å². The highest BCUT2D eigenvalue weighted by molar-refractivity contribution is 5.99. The van der Waals surface area contributed by atoms with Gasteiger partial charge in [0.15, 0.2) is 0 Å². The molecule has 2 rings (SSSR count). The van der Waals surface area contributed by atoms with Crippen molar-refractivity contribution in [2.45, 2.75) is 12.5 Å². The third-order valence-electron chi connectivity index (χ3n) is 3.69. The van der Waals surface area contributed by atoms with Crippen LogP contribution in [0.5, 0.6) is 0 Å². The lowest BCUT2D eigenvalue weighted by Gasteiger charge is -2.16. The van der Waals surface area contributed by atoms with E-state index in [4.69, 9.17) is 11.0 Å². The maximum Gasteiger partial charge on any atom is 0.337 e. The Kier molecular flexibility index (Phi) is 6.06. The fourth-order valence-corrected chi connectivity index (χ4v) is 2.37. The first kappa shape index (κ1) is 18.7. The molecule has 0 fully saturated rings. The number of hydrogen-bond donors (Lipinski definition) is 2. The number of nitriles is 1. The summed E-state index contributed by atoms with van der Waals surface area (Å²) >= 11 is 0. The van der Waals surface area contributed by atoms with Crippen molar-refractivity contribution in [3.63, 3.8) is 0 Å². The molecule has 0 saturated heterocycles. The minimum Gasteiger partial charge on any atom is -0.465 e. The van der Waals surface area contributed by atoms with Crippen LogP contribution in [0.2, 0.25) is 0 Å². The average Bonchev–Trinajstić information content (AvgIpc) is 2.66. The molecule has 0 saturated carbocycles. The zero-order chi connectivity index (χ0) is 19.1. The van der Waals surface area contributed by atoms with Gasteiger partial charge in [-0.1, -0.05) is 18.2 Å². The second-order valence-corrected chi connectivity index (χ2v) is 5.52. The van der Waals surface area contributed by atoms with Gasteiger partial charge in [0.05, 0.1) is 24.3 Å². The van der Waals surface area contributed by atoms with E-state index in [1.54, 1.807) is 24.3 Å². The van der Waals surface area contributed by atoms with Crippen molar-refractivity contribution in [3.8, 4) is 6.07 Å². The number of methoxy groups -OCH3 is 1. The van der Waals surface area contributed by atoms with Gasteiger partial charge in [-0.25, -0.2) is 4.79 Å². The van der Waals surface area contributed by atoms with E-state index in [9.17, 15) is 14.4 Å². The van der Waals surface area contributed by atoms with Crippen LogP contribution in [0.1, 0.15) is 31.8 Å². The molecule has 0 radical (unpaired) electrons. The highest BCUT2D eigenvalue weighted by Gasteiger charge is 2.20. The molecule has 3 N–H and O–H groups in total. The van der Waals surface area contributed by atoms with Gasteiger partial charge >= 0.3 is 5.97 Å². The summed E-state index contributed by atoms with van der Waals surface area (Å²) in [6, 6.07) is 13.7. The predicted octanol–water partition coefficient (Wildman–Crippen LogP) is 1.17. The Morgan fingerprint density at radius 3 is 2.50 bits per heavy atom. The molecule has 2 aromatic rings. The standard InChI is InChI=1S/C19H17N3O4/c1-26-19(25)15-7-3-6-14(10-15)18(24)22-16(17(21)23)9-12-4-2-5-13(8-12)11-20/h2-8,10,16H,9H2,1H3,(H2,21,23)(H,22,24)/t16-/m1/s1. The molecule has 0 aromatic heterocycles. The maximum absolute atomic E-state index is 12.4. The number of amides is 2. The second-order valence-electron chi connectivity index (χ2n) is 5.52. The number of carbonyl (C=O) groups excluding carboxylic acids is 3. The van der Waals surface area contributed by atoms with Crippen LogP contribution < -0.4 is 11.1 Å². The highest BCUT2D eigenvalue weighted by Crippen LogP contribution is 2.10. The monoisotopic (exact) mass is 351 g/mol. The SMILES string of the molecule is COC(=O)c1cccc(C(=O)N[C@H](Cc2cccc(C#N)c2)C(N)=O)c1. The number of carbonyl (C=O) groups is 3. The number of nitrogens with two attached hydrogens (primary N) is 1. The van der Waals surface area contributed by atoms with Crippen molar-refractivity contribution in [1.29, 1.82) is 5.26 Å². The van der Waals surface area contributed by atoms with Crippen LogP contribution in [0.15, 0.2) is 48.5 Å². The predicted molar refractivity (Wildman–Crippen MR) is 93.1 cm³/mol. The number of esters is 1. The molecule has 7 nitrogen and oxygen atoms in total. The van der Waals surface area contributed by atoms with E-state index < -0.39 is 23.8 Å². The van der Waals surface area contributed by atoms with Gasteiger partial charge in [0.2, 0.25) is 5.91 Å². The molecule has 0 aliphatic heterocycles. The molecule has 0 spiro atoms. The van der Waals surface area contributed by atoms with Crippen molar-refractivity contribution in [2.24, 2.45) is 5.73 Å². The van der Waals surface area contributed by atoms with E-state index in [0.29, 0.717) is 11.1 Å². The summed E-state index contributed by atoms with van der Waals surface area (Å²) in [6.45, 7) is 0. The van der Waals surface area contributed by atoms with E-state index in [1.165, 1.54) is 31.4 Å². The minimum atomic E-state index is -0.960. The van der Waals surface area contributed by atoms with Crippen molar-refractivity contribution in [2.75, 3.05) is 7.11 Å². The number of hydrogen-bond acceptors (Lipinski definition) is 5. The normalized spacial score (nSPS) is 11.1. The van der Waals surface area contributed by atoms with E-state index >= 15 is 0 Å². The van der Waals surface area contributed by atoms with Crippen LogP contribution in [-0.2, 0) is 16.0 Å². The minimum absolute atomic E-state index is 0.146. The largest absolute Gasteiger partial charge is 0.465 e. The van der Waals surface area contributed by atoms with Crippen LogP contribution in [0.3, 0.4) is 0 Å². The number of benzene rings is 2. The van der Waals surface area contributed by atoms with Crippen molar-refractivity contribution >= 4 is 17.8 Å². The smallest absolute Gasteiger partial charge is 0.337 e. The van der Waals surface area contributed by atoms with E-state index in [-0.39, 0.29) is 17.5 Å². The molecule has 2 amide bonds. The van der Waals surface area contributed by atoms with E-state index in [2.05, 4.69) is 10.1 Å². The summed E-state index contributed by atoms with van der Waals surface area (Å²) in [5.74, 6) is -1.82. The zero-order valence-electron chi connectivity index (χ0n) is 14.1. The molecule has 7 heteroatoms. The maximum atomic E-state index is 12.4.